The van der Waals surface area contributed by atoms with Crippen LogP contribution in [0.3, 0.4) is 0 Å². The van der Waals surface area contributed by atoms with Gasteiger partial charge in [-0.15, -0.1) is 12.4 Å². The Morgan fingerprint density at radius 1 is 1.32 bits per heavy atom. The summed E-state index contributed by atoms with van der Waals surface area (Å²) < 4.78 is 0. The molecule has 1 aromatic carbocycles. The molecule has 1 amide bonds. The fourth-order valence-corrected chi connectivity index (χ4v) is 2.76. The molecule has 0 spiro atoms. The highest BCUT2D eigenvalue weighted by atomic mass is 35.5. The summed E-state index contributed by atoms with van der Waals surface area (Å²) in [6, 6.07) is 6.56. The Morgan fingerprint density at radius 2 is 2.00 bits per heavy atom. The number of nitrogens with one attached hydrogen (secondary N) is 1. The molecule has 1 saturated carbocycles. The van der Waals surface area contributed by atoms with E-state index in [1.807, 2.05) is 0 Å². The van der Waals surface area contributed by atoms with Crippen molar-refractivity contribution in [2.75, 3.05) is 6.54 Å². The fraction of sp³-hybridized carbons (Fsp3) is 0.533. The number of carbonyl (C=O) groups excluding carboxylic acids is 1. The Morgan fingerprint density at radius 3 is 2.55 bits per heavy atom. The van der Waals surface area contributed by atoms with Crippen LogP contribution in [-0.4, -0.2) is 23.4 Å². The Kier molecular flexibility index (Phi) is 7.27. The first-order valence-electron chi connectivity index (χ1n) is 7.32. The van der Waals surface area contributed by atoms with Crippen LogP contribution < -0.4 is 11.1 Å². The lowest BCUT2D eigenvalue weighted by molar-refractivity contribution is -0.384. The number of benzene rings is 1. The van der Waals surface area contributed by atoms with E-state index in [1.165, 1.54) is 12.1 Å². The van der Waals surface area contributed by atoms with Crippen molar-refractivity contribution in [3.8, 4) is 0 Å². The number of non-ortho nitro benzene ring substituents is 1. The molecule has 0 saturated heterocycles. The molecule has 1 aliphatic carbocycles. The molecule has 0 bridgehead atoms. The lowest BCUT2D eigenvalue weighted by Crippen LogP contribution is -2.32. The molecule has 0 aliphatic heterocycles. The Bertz CT molecular complexity index is 507. The van der Waals surface area contributed by atoms with Gasteiger partial charge in [-0.2, -0.15) is 0 Å². The third-order valence-electron chi connectivity index (χ3n) is 4.05. The van der Waals surface area contributed by atoms with E-state index < -0.39 is 4.92 Å². The summed E-state index contributed by atoms with van der Waals surface area (Å²) in [5.41, 5.74) is 7.00. The highest BCUT2D eigenvalue weighted by Crippen LogP contribution is 2.26. The first-order valence-corrected chi connectivity index (χ1v) is 7.32. The van der Waals surface area contributed by atoms with Crippen molar-refractivity contribution in [2.45, 2.75) is 38.1 Å². The third-order valence-corrected chi connectivity index (χ3v) is 4.05. The van der Waals surface area contributed by atoms with E-state index in [0.717, 1.165) is 24.8 Å². The first-order chi connectivity index (χ1) is 10.1. The van der Waals surface area contributed by atoms with Gasteiger partial charge in [0.2, 0.25) is 5.91 Å². The second kappa shape index (κ2) is 8.70. The number of hydrogen-bond donors (Lipinski definition) is 2. The van der Waals surface area contributed by atoms with Crippen molar-refractivity contribution in [3.63, 3.8) is 0 Å². The van der Waals surface area contributed by atoms with Gasteiger partial charge < -0.3 is 11.1 Å². The molecule has 6 nitrogen and oxygen atoms in total. The van der Waals surface area contributed by atoms with Crippen molar-refractivity contribution in [2.24, 2.45) is 11.7 Å². The molecule has 2 rings (SSSR count). The van der Waals surface area contributed by atoms with E-state index in [9.17, 15) is 14.9 Å². The monoisotopic (exact) mass is 327 g/mol. The van der Waals surface area contributed by atoms with Crippen molar-refractivity contribution in [3.05, 3.63) is 39.9 Å². The maximum Gasteiger partial charge on any atom is 0.269 e. The largest absolute Gasteiger partial charge is 0.356 e. The van der Waals surface area contributed by atoms with Crippen LogP contribution >= 0.6 is 12.4 Å². The zero-order valence-electron chi connectivity index (χ0n) is 12.4. The predicted molar refractivity (Wildman–Crippen MR) is 87.0 cm³/mol. The quantitative estimate of drug-likeness (QED) is 0.618. The molecular weight excluding hydrogens is 306 g/mol. The number of nitrogens with zero attached hydrogens (tertiary/aromatic N) is 1. The second-order valence-electron chi connectivity index (χ2n) is 5.58. The SMILES string of the molecule is Cl.N[C@@H]1CCC[C@H]1CC(=O)NCCc1ccc([N+](=O)[O-])cc1. The van der Waals surface area contributed by atoms with Crippen LogP contribution in [0.25, 0.3) is 0 Å². The highest BCUT2D eigenvalue weighted by molar-refractivity contribution is 5.85. The zero-order valence-corrected chi connectivity index (χ0v) is 13.2. The summed E-state index contributed by atoms with van der Waals surface area (Å²) in [4.78, 5) is 21.9. The van der Waals surface area contributed by atoms with Crippen LogP contribution in [0.15, 0.2) is 24.3 Å². The first kappa shape index (κ1) is 18.4. The maximum atomic E-state index is 11.8. The van der Waals surface area contributed by atoms with Crippen LogP contribution in [0.5, 0.6) is 0 Å². The molecule has 122 valence electrons. The van der Waals surface area contributed by atoms with Gasteiger partial charge in [0.25, 0.3) is 5.69 Å². The number of halogens is 1. The zero-order chi connectivity index (χ0) is 15.2. The topological polar surface area (TPSA) is 98.3 Å². The molecule has 7 heteroatoms. The van der Waals surface area contributed by atoms with E-state index in [0.29, 0.717) is 25.3 Å². The summed E-state index contributed by atoms with van der Waals surface area (Å²) in [5.74, 6) is 0.351. The summed E-state index contributed by atoms with van der Waals surface area (Å²) in [5, 5.41) is 13.4. The standard InChI is InChI=1S/C15H21N3O3.ClH/c16-14-3-1-2-12(14)10-15(19)17-9-8-11-4-6-13(7-5-11)18(20)21;/h4-7,12,14H,1-3,8-10,16H2,(H,17,19);1H/t12-,14+;/m0./s1. The molecule has 1 aliphatic rings. The minimum absolute atomic E-state index is 0. The summed E-state index contributed by atoms with van der Waals surface area (Å²) in [6.45, 7) is 0.540. The second-order valence-corrected chi connectivity index (χ2v) is 5.58. The van der Waals surface area contributed by atoms with Gasteiger partial charge in [0.05, 0.1) is 4.92 Å². The third kappa shape index (κ3) is 5.27. The van der Waals surface area contributed by atoms with Gasteiger partial charge in [-0.3, -0.25) is 14.9 Å². The lowest BCUT2D eigenvalue weighted by Gasteiger charge is -2.14. The number of amides is 1. The van der Waals surface area contributed by atoms with Crippen LogP contribution in [0.1, 0.15) is 31.2 Å². The van der Waals surface area contributed by atoms with E-state index in [4.69, 9.17) is 5.73 Å². The van der Waals surface area contributed by atoms with Crippen molar-refractivity contribution in [1.29, 1.82) is 0 Å². The number of carbonyl (C=O) groups is 1. The lowest BCUT2D eigenvalue weighted by atomic mass is 10.00. The van der Waals surface area contributed by atoms with E-state index in [-0.39, 0.29) is 30.0 Å². The molecule has 1 fully saturated rings. The fourth-order valence-electron chi connectivity index (χ4n) is 2.76. The average molecular weight is 328 g/mol. The van der Waals surface area contributed by atoms with Gasteiger partial charge >= 0.3 is 0 Å². The van der Waals surface area contributed by atoms with Gasteiger partial charge in [-0.05, 0) is 30.7 Å². The van der Waals surface area contributed by atoms with Gasteiger partial charge in [0, 0.05) is 31.1 Å². The average Bonchev–Trinajstić information content (AvgIpc) is 2.85. The normalized spacial score (nSPS) is 20.2. The smallest absolute Gasteiger partial charge is 0.269 e. The van der Waals surface area contributed by atoms with Crippen LogP contribution in [0, 0.1) is 16.0 Å². The predicted octanol–water partition coefficient (Wildman–Crippen LogP) is 2.19. The Labute approximate surface area is 136 Å². The van der Waals surface area contributed by atoms with Crippen LogP contribution in [-0.2, 0) is 11.2 Å². The Hall–Kier alpha value is -1.66. The number of nitro benzene ring substituents is 1. The van der Waals surface area contributed by atoms with E-state index in [1.54, 1.807) is 12.1 Å². The molecular formula is C15H22ClN3O3. The summed E-state index contributed by atoms with van der Waals surface area (Å²) >= 11 is 0. The summed E-state index contributed by atoms with van der Waals surface area (Å²) in [7, 11) is 0. The van der Waals surface area contributed by atoms with Crippen LogP contribution in [0.2, 0.25) is 0 Å². The van der Waals surface area contributed by atoms with E-state index >= 15 is 0 Å². The highest BCUT2D eigenvalue weighted by Gasteiger charge is 2.25. The van der Waals surface area contributed by atoms with Gasteiger partial charge in [0.15, 0.2) is 0 Å². The summed E-state index contributed by atoms with van der Waals surface area (Å²) in [6.07, 6.45) is 4.33. The molecule has 0 unspecified atom stereocenters. The number of rotatable bonds is 6. The van der Waals surface area contributed by atoms with Gasteiger partial charge in [-0.1, -0.05) is 18.6 Å². The molecule has 0 aromatic heterocycles. The van der Waals surface area contributed by atoms with Gasteiger partial charge in [-0.25, -0.2) is 0 Å². The van der Waals surface area contributed by atoms with Crippen molar-refractivity contribution >= 4 is 24.0 Å². The van der Waals surface area contributed by atoms with E-state index in [2.05, 4.69) is 5.32 Å². The number of nitrogens with two attached hydrogens (primary N) is 1. The molecule has 1 aromatic rings. The maximum absolute atomic E-state index is 11.8. The molecule has 22 heavy (non-hydrogen) atoms. The van der Waals surface area contributed by atoms with Gasteiger partial charge in [0.1, 0.15) is 0 Å². The number of nitro groups is 1. The Balaban J connectivity index is 0.00000242. The van der Waals surface area contributed by atoms with Crippen molar-refractivity contribution in [1.82, 2.24) is 5.32 Å². The minimum Gasteiger partial charge on any atom is -0.356 e. The van der Waals surface area contributed by atoms with Crippen molar-refractivity contribution < 1.29 is 9.72 Å². The molecule has 3 N–H and O–H groups in total. The minimum atomic E-state index is -0.420. The number of hydrogen-bond acceptors (Lipinski definition) is 4. The molecule has 2 atom stereocenters. The molecule has 0 radical (unpaired) electrons. The van der Waals surface area contributed by atoms with Crippen LogP contribution in [0.4, 0.5) is 5.69 Å². The molecule has 0 heterocycles.